The maximum atomic E-state index is 13.2. The third-order valence-electron chi connectivity index (χ3n) is 22.1. The van der Waals surface area contributed by atoms with Crippen molar-refractivity contribution >= 4 is 39.5 Å². The Hall–Kier alpha value is -1.94. The van der Waals surface area contributed by atoms with Crippen LogP contribution in [-0.4, -0.2) is 96.7 Å². The summed E-state index contributed by atoms with van der Waals surface area (Å²) in [5.41, 5.74) is 0. The molecule has 112 heavy (non-hydrogen) atoms. The molecule has 0 aliphatic carbocycles. The maximum Gasteiger partial charge on any atom is 0.472 e. The van der Waals surface area contributed by atoms with Crippen LogP contribution >= 0.6 is 15.6 Å². The standard InChI is InChI=1S/C93H182O17P2/c1-5-9-13-17-21-25-29-32-35-38-41-43-45-47-50-52-55-58-62-66-70-74-78-91(96)104-84-89(110-93(98)80-76-72-68-64-60-57-54-51-48-46-44-42-39-36-33-30-26-22-18-14-10-6-2)86-108-112(101,102)106-82-87(94)81-105-111(99,100)107-85-88(83-103-90(95)77-73-69-65-61-28-24-20-16-12-8-4)109-92(97)79-75-71-67-63-59-56-53-49-40-37-34-31-27-23-19-15-11-7-3/h87-89,94H,5-86H2,1-4H3,(H,99,100)(H,101,102)/t87-,88+,89+/m0/s1. The van der Waals surface area contributed by atoms with Crippen molar-refractivity contribution in [3.63, 3.8) is 0 Å². The Morgan fingerprint density at radius 2 is 0.357 bits per heavy atom. The van der Waals surface area contributed by atoms with Gasteiger partial charge in [0.15, 0.2) is 12.2 Å². The van der Waals surface area contributed by atoms with Gasteiger partial charge in [0.2, 0.25) is 0 Å². The number of phosphoric acid groups is 2. The van der Waals surface area contributed by atoms with E-state index in [4.69, 9.17) is 37.0 Å². The number of carbonyl (C=O) groups is 4. The van der Waals surface area contributed by atoms with E-state index in [0.717, 1.165) is 89.9 Å². The summed E-state index contributed by atoms with van der Waals surface area (Å²) in [6.07, 6.45) is 85.0. The van der Waals surface area contributed by atoms with Crippen molar-refractivity contribution < 1.29 is 80.2 Å². The van der Waals surface area contributed by atoms with E-state index in [1.54, 1.807) is 0 Å². The second-order valence-electron chi connectivity index (χ2n) is 33.4. The van der Waals surface area contributed by atoms with Crippen LogP contribution in [0, 0.1) is 0 Å². The van der Waals surface area contributed by atoms with Gasteiger partial charge in [-0.15, -0.1) is 0 Å². The molecule has 666 valence electrons. The van der Waals surface area contributed by atoms with Gasteiger partial charge in [-0.1, -0.05) is 464 Å². The lowest BCUT2D eigenvalue weighted by molar-refractivity contribution is -0.161. The molecule has 0 aromatic carbocycles. The Morgan fingerprint density at radius 1 is 0.214 bits per heavy atom. The summed E-state index contributed by atoms with van der Waals surface area (Å²) in [5.74, 6) is -2.09. The van der Waals surface area contributed by atoms with Gasteiger partial charge >= 0.3 is 39.5 Å². The van der Waals surface area contributed by atoms with E-state index in [2.05, 4.69) is 27.7 Å². The van der Waals surface area contributed by atoms with Crippen LogP contribution in [0.4, 0.5) is 0 Å². The normalized spacial score (nSPS) is 13.6. The number of carbonyl (C=O) groups excluding carboxylic acids is 4. The molecule has 0 amide bonds. The number of unbranched alkanes of at least 4 members (excludes halogenated alkanes) is 68. The van der Waals surface area contributed by atoms with Crippen LogP contribution in [0.3, 0.4) is 0 Å². The quantitative estimate of drug-likeness (QED) is 0.0222. The minimum absolute atomic E-state index is 0.110. The van der Waals surface area contributed by atoms with Gasteiger partial charge in [0.05, 0.1) is 26.4 Å². The van der Waals surface area contributed by atoms with Gasteiger partial charge in [0, 0.05) is 25.7 Å². The third-order valence-corrected chi connectivity index (χ3v) is 24.0. The monoisotopic (exact) mass is 1630 g/mol. The van der Waals surface area contributed by atoms with Crippen LogP contribution in [0.25, 0.3) is 0 Å². The molecule has 0 fully saturated rings. The lowest BCUT2D eigenvalue weighted by Gasteiger charge is -2.21. The summed E-state index contributed by atoms with van der Waals surface area (Å²) < 4.78 is 69.1. The number of phosphoric ester groups is 2. The zero-order chi connectivity index (χ0) is 81.7. The summed E-state index contributed by atoms with van der Waals surface area (Å²) in [6, 6.07) is 0. The molecule has 0 aromatic rings. The molecule has 19 heteroatoms. The van der Waals surface area contributed by atoms with Crippen LogP contribution in [0.1, 0.15) is 516 Å². The number of ether oxygens (including phenoxy) is 4. The first kappa shape index (κ1) is 110. The highest BCUT2D eigenvalue weighted by Gasteiger charge is 2.31. The fraction of sp³-hybridized carbons (Fsp3) is 0.957. The van der Waals surface area contributed by atoms with Crippen LogP contribution in [0.2, 0.25) is 0 Å². The highest BCUT2D eigenvalue weighted by Crippen LogP contribution is 2.45. The van der Waals surface area contributed by atoms with E-state index in [1.165, 1.54) is 347 Å². The number of hydrogen-bond donors (Lipinski definition) is 3. The van der Waals surface area contributed by atoms with Crippen molar-refractivity contribution in [1.82, 2.24) is 0 Å². The largest absolute Gasteiger partial charge is 0.472 e. The number of hydrogen-bond acceptors (Lipinski definition) is 15. The Kier molecular flexibility index (Phi) is 85.4. The first-order valence-corrected chi connectivity index (χ1v) is 51.3. The van der Waals surface area contributed by atoms with Crippen molar-refractivity contribution in [3.05, 3.63) is 0 Å². The lowest BCUT2D eigenvalue weighted by Crippen LogP contribution is -2.30. The number of aliphatic hydroxyl groups is 1. The summed E-state index contributed by atoms with van der Waals surface area (Å²) in [5, 5.41) is 10.7. The molecule has 0 aromatic heterocycles. The predicted octanol–water partition coefficient (Wildman–Crippen LogP) is 29.3. The van der Waals surface area contributed by atoms with Gasteiger partial charge in [-0.25, -0.2) is 9.13 Å². The average molecular weight is 1630 g/mol. The maximum absolute atomic E-state index is 13.2. The molecule has 5 atom stereocenters. The van der Waals surface area contributed by atoms with Crippen molar-refractivity contribution in [2.45, 2.75) is 534 Å². The van der Waals surface area contributed by atoms with Crippen LogP contribution in [0.5, 0.6) is 0 Å². The molecule has 0 rings (SSSR count). The van der Waals surface area contributed by atoms with Gasteiger partial charge in [-0.05, 0) is 25.7 Å². The highest BCUT2D eigenvalue weighted by molar-refractivity contribution is 7.47. The van der Waals surface area contributed by atoms with Gasteiger partial charge < -0.3 is 33.8 Å². The zero-order valence-electron chi connectivity index (χ0n) is 73.7. The Labute approximate surface area is 689 Å². The van der Waals surface area contributed by atoms with E-state index in [0.29, 0.717) is 25.7 Å². The molecular weight excluding hydrogens is 1450 g/mol. The highest BCUT2D eigenvalue weighted by atomic mass is 31.2. The number of rotatable bonds is 94. The molecule has 3 N–H and O–H groups in total. The Balaban J connectivity index is 5.20. The minimum atomic E-state index is -4.97. The molecular formula is C93H182O17P2. The minimum Gasteiger partial charge on any atom is -0.462 e. The van der Waals surface area contributed by atoms with E-state index < -0.39 is 97.5 Å². The predicted molar refractivity (Wildman–Crippen MR) is 465 cm³/mol. The first-order chi connectivity index (χ1) is 54.7. The molecule has 0 bridgehead atoms. The van der Waals surface area contributed by atoms with Gasteiger partial charge in [-0.2, -0.15) is 0 Å². The SMILES string of the molecule is CCCCCCCCCCCCCCCCCCCCCCCCC(=O)OC[C@H](COP(=O)(O)OC[C@@H](O)COP(=O)(O)OC[C@@H](COC(=O)CCCCCCCCCCCC)OC(=O)CCCCCCCCCCCCCCCCCCCC)OC(=O)CCCCCCCCCCCCCCCCCCCCCCCC. The Morgan fingerprint density at radius 3 is 0.527 bits per heavy atom. The first-order valence-electron chi connectivity index (χ1n) is 48.3. The average Bonchev–Trinajstić information content (AvgIpc) is 0.895. The van der Waals surface area contributed by atoms with E-state index >= 15 is 0 Å². The van der Waals surface area contributed by atoms with E-state index in [9.17, 15) is 43.2 Å². The molecule has 0 saturated heterocycles. The second-order valence-corrected chi connectivity index (χ2v) is 36.3. The molecule has 17 nitrogen and oxygen atoms in total. The Bertz CT molecular complexity index is 2100. The summed E-state index contributed by atoms with van der Waals surface area (Å²) in [6.45, 7) is 5.08. The summed E-state index contributed by atoms with van der Waals surface area (Å²) >= 11 is 0. The van der Waals surface area contributed by atoms with E-state index in [1.807, 2.05) is 0 Å². The van der Waals surface area contributed by atoms with Gasteiger partial charge in [0.1, 0.15) is 19.3 Å². The van der Waals surface area contributed by atoms with Crippen molar-refractivity contribution in [1.29, 1.82) is 0 Å². The second kappa shape index (κ2) is 86.9. The van der Waals surface area contributed by atoms with Crippen molar-refractivity contribution in [2.75, 3.05) is 39.6 Å². The number of aliphatic hydroxyl groups excluding tert-OH is 1. The van der Waals surface area contributed by atoms with Crippen LogP contribution in [0.15, 0.2) is 0 Å². The lowest BCUT2D eigenvalue weighted by atomic mass is 10.0. The summed E-state index contributed by atoms with van der Waals surface area (Å²) in [7, 11) is -9.93. The van der Waals surface area contributed by atoms with Gasteiger partial charge in [-0.3, -0.25) is 37.3 Å². The smallest absolute Gasteiger partial charge is 0.462 e. The summed E-state index contributed by atoms with van der Waals surface area (Å²) in [4.78, 5) is 73.4. The molecule has 0 radical (unpaired) electrons. The van der Waals surface area contributed by atoms with Crippen molar-refractivity contribution in [3.8, 4) is 0 Å². The fourth-order valence-corrected chi connectivity index (χ4v) is 16.3. The molecule has 0 aliphatic heterocycles. The molecule has 0 aliphatic rings. The van der Waals surface area contributed by atoms with Gasteiger partial charge in [0.25, 0.3) is 0 Å². The molecule has 0 saturated carbocycles. The zero-order valence-corrected chi connectivity index (χ0v) is 75.5. The molecule has 0 heterocycles. The topological polar surface area (TPSA) is 237 Å². The van der Waals surface area contributed by atoms with E-state index in [-0.39, 0.29) is 25.7 Å². The molecule has 0 spiro atoms. The van der Waals surface area contributed by atoms with Crippen molar-refractivity contribution in [2.24, 2.45) is 0 Å². The molecule has 2 unspecified atom stereocenters. The third kappa shape index (κ3) is 85.9. The van der Waals surface area contributed by atoms with Crippen LogP contribution in [-0.2, 0) is 65.4 Å². The fourth-order valence-electron chi connectivity index (χ4n) is 14.8. The number of esters is 4. The van der Waals surface area contributed by atoms with Crippen LogP contribution < -0.4 is 0 Å².